The molecule has 0 fully saturated rings. The average molecular weight is 519 g/mol. The molecule has 1 aliphatic rings. The molecule has 6 nitrogen and oxygen atoms in total. The van der Waals surface area contributed by atoms with E-state index in [0.717, 1.165) is 21.9 Å². The number of ether oxygens (including phenoxy) is 2. The maximum Gasteiger partial charge on any atom is 0.338 e. The van der Waals surface area contributed by atoms with Crippen molar-refractivity contribution >= 4 is 45.8 Å². The average Bonchev–Trinajstić information content (AvgIpc) is 3.18. The molecule has 8 heteroatoms. The van der Waals surface area contributed by atoms with Crippen molar-refractivity contribution in [3.8, 4) is 5.75 Å². The molecule has 1 unspecified atom stereocenters. The van der Waals surface area contributed by atoms with Crippen LogP contribution in [0.4, 0.5) is 0 Å². The second kappa shape index (κ2) is 9.76. The third-order valence-corrected chi connectivity index (χ3v) is 7.36. The number of carbonyl (C=O) groups excluding carboxylic acids is 1. The number of allylic oxidation sites excluding steroid dienone is 1. The van der Waals surface area contributed by atoms with E-state index in [-0.39, 0.29) is 12.2 Å². The minimum atomic E-state index is -0.686. The molecule has 1 aromatic heterocycles. The van der Waals surface area contributed by atoms with Crippen molar-refractivity contribution < 1.29 is 14.3 Å². The Morgan fingerprint density at radius 3 is 2.61 bits per heavy atom. The van der Waals surface area contributed by atoms with Crippen molar-refractivity contribution in [2.24, 2.45) is 4.99 Å². The summed E-state index contributed by atoms with van der Waals surface area (Å²) in [4.78, 5) is 32.0. The maximum atomic E-state index is 13.9. The summed E-state index contributed by atoms with van der Waals surface area (Å²) in [6.45, 7) is 3.73. The lowest BCUT2D eigenvalue weighted by Crippen LogP contribution is -2.39. The molecule has 4 aromatic rings. The second-order valence-electron chi connectivity index (χ2n) is 8.26. The fraction of sp³-hybridized carbons (Fsp3) is 0.179. The van der Waals surface area contributed by atoms with E-state index in [1.165, 1.54) is 11.3 Å². The minimum absolute atomic E-state index is 0.217. The molecule has 0 saturated carbocycles. The Bertz CT molecular complexity index is 1700. The van der Waals surface area contributed by atoms with Crippen LogP contribution >= 0.6 is 22.9 Å². The zero-order valence-electron chi connectivity index (χ0n) is 19.9. The summed E-state index contributed by atoms with van der Waals surface area (Å²) in [6, 6.07) is 18.3. The number of thiazole rings is 1. The van der Waals surface area contributed by atoms with Crippen molar-refractivity contribution in [2.45, 2.75) is 19.9 Å². The molecule has 0 radical (unpaired) electrons. The Morgan fingerprint density at radius 2 is 1.89 bits per heavy atom. The summed E-state index contributed by atoms with van der Waals surface area (Å²) in [5.41, 5.74) is 2.16. The first-order valence-corrected chi connectivity index (χ1v) is 12.6. The third-order valence-electron chi connectivity index (χ3n) is 6.13. The summed E-state index contributed by atoms with van der Waals surface area (Å²) in [7, 11) is 1.61. The molecule has 0 bridgehead atoms. The molecular formula is C28H23ClN2O4S. The minimum Gasteiger partial charge on any atom is -0.496 e. The van der Waals surface area contributed by atoms with Crippen molar-refractivity contribution in [2.75, 3.05) is 13.7 Å². The van der Waals surface area contributed by atoms with Crippen molar-refractivity contribution in [1.29, 1.82) is 0 Å². The van der Waals surface area contributed by atoms with Gasteiger partial charge in [0.05, 0.1) is 35.6 Å². The zero-order chi connectivity index (χ0) is 25.4. The number of esters is 1. The van der Waals surface area contributed by atoms with Gasteiger partial charge in [0.25, 0.3) is 5.56 Å². The van der Waals surface area contributed by atoms with Gasteiger partial charge in [-0.15, -0.1) is 0 Å². The second-order valence-corrected chi connectivity index (χ2v) is 9.70. The smallest absolute Gasteiger partial charge is 0.338 e. The predicted molar refractivity (Wildman–Crippen MR) is 142 cm³/mol. The number of hydrogen-bond donors (Lipinski definition) is 0. The number of halogens is 1. The van der Waals surface area contributed by atoms with E-state index >= 15 is 0 Å². The summed E-state index contributed by atoms with van der Waals surface area (Å²) in [5, 5.41) is 2.57. The van der Waals surface area contributed by atoms with E-state index in [9.17, 15) is 9.59 Å². The summed E-state index contributed by atoms with van der Waals surface area (Å²) in [6.07, 6.45) is 1.84. The molecule has 182 valence electrons. The van der Waals surface area contributed by atoms with Crippen LogP contribution in [0.1, 0.15) is 31.0 Å². The fourth-order valence-electron chi connectivity index (χ4n) is 4.49. The fourth-order valence-corrected chi connectivity index (χ4v) is 5.64. The first kappa shape index (κ1) is 24.0. The van der Waals surface area contributed by atoms with Crippen LogP contribution in [-0.2, 0) is 9.53 Å². The number of aromatic nitrogens is 1. The van der Waals surface area contributed by atoms with E-state index in [2.05, 4.69) is 4.99 Å². The Hall–Kier alpha value is -3.68. The van der Waals surface area contributed by atoms with Gasteiger partial charge in [-0.3, -0.25) is 9.36 Å². The van der Waals surface area contributed by atoms with Crippen LogP contribution in [0, 0.1) is 0 Å². The van der Waals surface area contributed by atoms with Crippen LogP contribution in [0.15, 0.2) is 81.7 Å². The van der Waals surface area contributed by atoms with Crippen molar-refractivity contribution in [1.82, 2.24) is 4.57 Å². The molecule has 0 saturated heterocycles. The van der Waals surface area contributed by atoms with Crippen LogP contribution in [0.25, 0.3) is 16.8 Å². The van der Waals surface area contributed by atoms with E-state index in [1.54, 1.807) is 37.7 Å². The van der Waals surface area contributed by atoms with Gasteiger partial charge in [-0.05, 0) is 54.5 Å². The molecule has 0 N–H and O–H groups in total. The third kappa shape index (κ3) is 4.14. The van der Waals surface area contributed by atoms with E-state index in [0.29, 0.717) is 31.4 Å². The molecule has 1 atom stereocenters. The molecule has 5 rings (SSSR count). The number of nitrogens with zero attached hydrogens (tertiary/aromatic N) is 2. The van der Waals surface area contributed by atoms with Gasteiger partial charge in [-0.25, -0.2) is 9.79 Å². The van der Waals surface area contributed by atoms with Gasteiger partial charge in [0.1, 0.15) is 5.75 Å². The van der Waals surface area contributed by atoms with Crippen molar-refractivity contribution in [3.05, 3.63) is 108 Å². The monoisotopic (exact) mass is 518 g/mol. The number of hydrogen-bond acceptors (Lipinski definition) is 6. The first-order valence-electron chi connectivity index (χ1n) is 11.4. The van der Waals surface area contributed by atoms with Gasteiger partial charge < -0.3 is 9.47 Å². The number of benzene rings is 3. The molecule has 36 heavy (non-hydrogen) atoms. The lowest BCUT2D eigenvalue weighted by atomic mass is 9.96. The summed E-state index contributed by atoms with van der Waals surface area (Å²) in [5.74, 6) is 0.167. The highest BCUT2D eigenvalue weighted by molar-refractivity contribution is 7.07. The highest BCUT2D eigenvalue weighted by Gasteiger charge is 2.33. The SMILES string of the molecule is CCOC(=O)C1=C(C)N=c2s/c(=C\c3c(OC)ccc4ccccc34)c(=O)n2C1c1ccc(Cl)cc1. The summed E-state index contributed by atoms with van der Waals surface area (Å²) < 4.78 is 13.0. The maximum absolute atomic E-state index is 13.9. The van der Waals surface area contributed by atoms with Gasteiger partial charge in [0.15, 0.2) is 4.80 Å². The first-order chi connectivity index (χ1) is 17.4. The molecule has 0 spiro atoms. The number of methoxy groups -OCH3 is 1. The predicted octanol–water partition coefficient (Wildman–Crippen LogP) is 4.61. The Labute approximate surface area is 216 Å². The number of rotatable bonds is 5. The lowest BCUT2D eigenvalue weighted by molar-refractivity contribution is -0.139. The quantitative estimate of drug-likeness (QED) is 0.362. The molecule has 3 aromatic carbocycles. The van der Waals surface area contributed by atoms with Gasteiger partial charge in [-0.1, -0.05) is 65.4 Å². The Balaban J connectivity index is 1.78. The Kier molecular flexibility index (Phi) is 6.51. The van der Waals surface area contributed by atoms with Gasteiger partial charge in [0.2, 0.25) is 0 Å². The van der Waals surface area contributed by atoms with Gasteiger partial charge in [0, 0.05) is 10.6 Å². The van der Waals surface area contributed by atoms with Crippen molar-refractivity contribution in [3.63, 3.8) is 0 Å². The number of carbonyl (C=O) groups is 1. The molecule has 1 aliphatic heterocycles. The van der Waals surface area contributed by atoms with Crippen LogP contribution in [0.3, 0.4) is 0 Å². The summed E-state index contributed by atoms with van der Waals surface area (Å²) >= 11 is 7.40. The van der Waals surface area contributed by atoms with Crippen LogP contribution in [-0.4, -0.2) is 24.3 Å². The topological polar surface area (TPSA) is 69.9 Å². The van der Waals surface area contributed by atoms with Crippen LogP contribution in [0.2, 0.25) is 5.02 Å². The standard InChI is InChI=1S/C28H23ClN2O4S/c1-4-35-27(33)24-16(2)30-28-31(25(24)18-9-12-19(29)13-10-18)26(32)23(36-28)15-21-20-8-6-5-7-17(20)11-14-22(21)34-3/h5-15,25H,4H2,1-3H3/b23-15-. The normalized spacial score (nSPS) is 15.6. The molecular weight excluding hydrogens is 496 g/mol. The van der Waals surface area contributed by atoms with Crippen LogP contribution < -0.4 is 19.6 Å². The molecule has 0 aliphatic carbocycles. The largest absolute Gasteiger partial charge is 0.496 e. The highest BCUT2D eigenvalue weighted by atomic mass is 35.5. The lowest BCUT2D eigenvalue weighted by Gasteiger charge is -2.24. The molecule has 2 heterocycles. The van der Waals surface area contributed by atoms with Gasteiger partial charge in [-0.2, -0.15) is 0 Å². The molecule has 0 amide bonds. The van der Waals surface area contributed by atoms with Gasteiger partial charge >= 0.3 is 5.97 Å². The Morgan fingerprint density at radius 1 is 1.14 bits per heavy atom. The highest BCUT2D eigenvalue weighted by Crippen LogP contribution is 2.32. The van der Waals surface area contributed by atoms with Crippen LogP contribution in [0.5, 0.6) is 5.75 Å². The van der Waals surface area contributed by atoms with E-state index < -0.39 is 12.0 Å². The number of fused-ring (bicyclic) bond motifs is 2. The van der Waals surface area contributed by atoms with E-state index in [1.807, 2.05) is 54.6 Å². The zero-order valence-corrected chi connectivity index (χ0v) is 21.5. The van der Waals surface area contributed by atoms with E-state index in [4.69, 9.17) is 21.1 Å².